The molecule has 0 atom stereocenters. The Morgan fingerprint density at radius 1 is 0.952 bits per heavy atom. The van der Waals surface area contributed by atoms with Crippen molar-refractivity contribution in [3.05, 3.63) is 59.7 Å². The Bertz CT molecular complexity index is 785. The van der Waals surface area contributed by atoms with Crippen molar-refractivity contribution in [3.8, 4) is 17.8 Å². The Hall–Kier alpha value is -3.06. The van der Waals surface area contributed by atoms with Crippen molar-refractivity contribution in [2.24, 2.45) is 0 Å². The topological polar surface area (TPSA) is 46.6 Å². The number of anilines is 1. The summed E-state index contributed by atoms with van der Waals surface area (Å²) in [5, 5.41) is 0. The van der Waals surface area contributed by atoms with Gasteiger partial charge in [0.1, 0.15) is 11.9 Å². The van der Waals surface area contributed by atoms with Gasteiger partial charge in [0.25, 0.3) is 11.8 Å². The largest absolute Gasteiger partial charge is 0.408 e. The number of rotatable bonds is 2. The fourth-order valence-corrected chi connectivity index (χ4v) is 2.20. The van der Waals surface area contributed by atoms with Gasteiger partial charge in [0.05, 0.1) is 16.8 Å². The number of carbonyl (C=O) groups excluding carboxylic acids is 2. The van der Waals surface area contributed by atoms with Gasteiger partial charge >= 0.3 is 0 Å². The molecule has 0 N–H and O–H groups in total. The summed E-state index contributed by atoms with van der Waals surface area (Å²) < 4.78 is 5.16. The normalized spacial score (nSPS) is 12.7. The molecule has 4 nitrogen and oxygen atoms in total. The number of amides is 2. The maximum absolute atomic E-state index is 12.4. The van der Waals surface area contributed by atoms with Gasteiger partial charge in [-0.05, 0) is 30.3 Å². The molecule has 0 saturated heterocycles. The molecule has 1 heterocycles. The van der Waals surface area contributed by atoms with E-state index in [-0.39, 0.29) is 11.8 Å². The zero-order valence-corrected chi connectivity index (χ0v) is 11.3. The van der Waals surface area contributed by atoms with Gasteiger partial charge in [0.15, 0.2) is 0 Å². The van der Waals surface area contributed by atoms with Crippen LogP contribution in [0, 0.1) is 12.0 Å². The minimum absolute atomic E-state index is 0.325. The summed E-state index contributed by atoms with van der Waals surface area (Å²) in [6.07, 6.45) is 2.46. The molecule has 102 valence electrons. The molecular weight excluding hydrogens is 266 g/mol. The van der Waals surface area contributed by atoms with Crippen LogP contribution >= 0.6 is 0 Å². The minimum Gasteiger partial charge on any atom is -0.408 e. The summed E-state index contributed by atoms with van der Waals surface area (Å²) >= 11 is 0. The molecule has 1 aliphatic rings. The SMILES string of the molecule is CC#COc1ccc2c(c1)C(=O)N(c1ccccc1)C2=O. The van der Waals surface area contributed by atoms with Gasteiger partial charge in [-0.3, -0.25) is 9.59 Å². The second kappa shape index (κ2) is 5.14. The first-order chi connectivity index (χ1) is 10.2. The Labute approximate surface area is 122 Å². The van der Waals surface area contributed by atoms with Gasteiger partial charge in [-0.25, -0.2) is 4.90 Å². The predicted octanol–water partition coefficient (Wildman–Crippen LogP) is 2.85. The monoisotopic (exact) mass is 277 g/mol. The number of nitrogens with zero attached hydrogens (tertiary/aromatic N) is 1. The maximum Gasteiger partial charge on any atom is 0.266 e. The highest BCUT2D eigenvalue weighted by molar-refractivity contribution is 6.34. The van der Waals surface area contributed by atoms with Crippen molar-refractivity contribution in [2.45, 2.75) is 6.92 Å². The van der Waals surface area contributed by atoms with Crippen LogP contribution in [0.2, 0.25) is 0 Å². The number of ether oxygens (including phenoxy) is 1. The average molecular weight is 277 g/mol. The quantitative estimate of drug-likeness (QED) is 0.626. The van der Waals surface area contributed by atoms with Gasteiger partial charge < -0.3 is 4.74 Å². The first kappa shape index (κ1) is 12.9. The van der Waals surface area contributed by atoms with Crippen molar-refractivity contribution in [2.75, 3.05) is 4.90 Å². The second-order valence-corrected chi connectivity index (χ2v) is 4.44. The number of para-hydroxylation sites is 1. The molecule has 0 spiro atoms. The van der Waals surface area contributed by atoms with E-state index in [1.165, 1.54) is 4.90 Å². The van der Waals surface area contributed by atoms with Crippen LogP contribution in [0.5, 0.6) is 5.75 Å². The van der Waals surface area contributed by atoms with Gasteiger partial charge in [-0.1, -0.05) is 24.1 Å². The number of fused-ring (bicyclic) bond motifs is 1. The zero-order valence-electron chi connectivity index (χ0n) is 11.3. The van der Waals surface area contributed by atoms with Crippen LogP contribution in [0.1, 0.15) is 27.6 Å². The average Bonchev–Trinajstić information content (AvgIpc) is 2.77. The lowest BCUT2D eigenvalue weighted by atomic mass is 10.1. The molecule has 3 rings (SSSR count). The maximum atomic E-state index is 12.4. The van der Waals surface area contributed by atoms with E-state index in [1.54, 1.807) is 49.4 Å². The van der Waals surface area contributed by atoms with Gasteiger partial charge in [-0.15, -0.1) is 0 Å². The summed E-state index contributed by atoms with van der Waals surface area (Å²) in [4.78, 5) is 26.0. The molecule has 0 fully saturated rings. The van der Waals surface area contributed by atoms with Crippen LogP contribution in [-0.4, -0.2) is 11.8 Å². The van der Waals surface area contributed by atoms with Crippen LogP contribution in [0.4, 0.5) is 5.69 Å². The number of hydrogen-bond acceptors (Lipinski definition) is 3. The third-order valence-electron chi connectivity index (χ3n) is 3.14. The Morgan fingerprint density at radius 3 is 2.38 bits per heavy atom. The predicted molar refractivity (Wildman–Crippen MR) is 78.1 cm³/mol. The van der Waals surface area contributed by atoms with Crippen molar-refractivity contribution in [1.29, 1.82) is 0 Å². The fraction of sp³-hybridized carbons (Fsp3) is 0.0588. The Morgan fingerprint density at radius 2 is 1.67 bits per heavy atom. The van der Waals surface area contributed by atoms with Crippen LogP contribution in [0.15, 0.2) is 48.5 Å². The first-order valence-corrected chi connectivity index (χ1v) is 6.39. The molecule has 1 aliphatic heterocycles. The van der Waals surface area contributed by atoms with Crippen LogP contribution < -0.4 is 9.64 Å². The highest BCUT2D eigenvalue weighted by Gasteiger charge is 2.36. The van der Waals surface area contributed by atoms with Gasteiger partial charge in [0.2, 0.25) is 0 Å². The van der Waals surface area contributed by atoms with Crippen molar-refractivity contribution < 1.29 is 14.3 Å². The number of carbonyl (C=O) groups is 2. The van der Waals surface area contributed by atoms with Crippen molar-refractivity contribution >= 4 is 17.5 Å². The number of hydrogen-bond donors (Lipinski definition) is 0. The third kappa shape index (κ3) is 2.15. The Balaban J connectivity index is 2.02. The smallest absolute Gasteiger partial charge is 0.266 e. The standard InChI is InChI=1S/C17H11NO3/c1-2-10-21-13-8-9-14-15(11-13)17(20)18(16(14)19)12-6-4-3-5-7-12/h3-9,11H,1H3. The molecule has 2 amide bonds. The van der Waals surface area contributed by atoms with Crippen molar-refractivity contribution in [1.82, 2.24) is 0 Å². The fourth-order valence-electron chi connectivity index (χ4n) is 2.20. The molecule has 2 aromatic rings. The summed E-state index contributed by atoms with van der Waals surface area (Å²) in [7, 11) is 0. The number of imide groups is 1. The molecule has 0 aromatic heterocycles. The van der Waals surface area contributed by atoms with E-state index < -0.39 is 0 Å². The van der Waals surface area contributed by atoms with Crippen LogP contribution in [-0.2, 0) is 0 Å². The minimum atomic E-state index is -0.351. The Kier molecular flexibility index (Phi) is 3.17. The molecule has 2 aromatic carbocycles. The highest BCUT2D eigenvalue weighted by atomic mass is 16.5. The molecule has 0 radical (unpaired) electrons. The summed E-state index contributed by atoms with van der Waals surface area (Å²) in [5.41, 5.74) is 1.26. The van der Waals surface area contributed by atoms with E-state index in [0.717, 1.165) is 0 Å². The van der Waals surface area contributed by atoms with E-state index in [9.17, 15) is 9.59 Å². The van der Waals surface area contributed by atoms with Gasteiger partial charge in [0, 0.05) is 6.92 Å². The van der Waals surface area contributed by atoms with E-state index >= 15 is 0 Å². The summed E-state index contributed by atoms with van der Waals surface area (Å²) in [5.74, 6) is 2.37. The lowest BCUT2D eigenvalue weighted by molar-refractivity contribution is 0.0926. The second-order valence-electron chi connectivity index (χ2n) is 4.44. The summed E-state index contributed by atoms with van der Waals surface area (Å²) in [6.45, 7) is 1.65. The lowest BCUT2D eigenvalue weighted by Crippen LogP contribution is -2.29. The summed E-state index contributed by atoms with van der Waals surface area (Å²) in [6, 6.07) is 13.6. The molecule has 21 heavy (non-hydrogen) atoms. The highest BCUT2D eigenvalue weighted by Crippen LogP contribution is 2.30. The van der Waals surface area contributed by atoms with Crippen molar-refractivity contribution in [3.63, 3.8) is 0 Å². The van der Waals surface area contributed by atoms with Crippen LogP contribution in [0.25, 0.3) is 0 Å². The molecular formula is C17H11NO3. The van der Waals surface area contributed by atoms with E-state index in [1.807, 2.05) is 6.07 Å². The molecule has 0 saturated carbocycles. The lowest BCUT2D eigenvalue weighted by Gasteiger charge is -2.13. The van der Waals surface area contributed by atoms with Crippen LogP contribution in [0.3, 0.4) is 0 Å². The van der Waals surface area contributed by atoms with Gasteiger partial charge in [-0.2, -0.15) is 0 Å². The van der Waals surface area contributed by atoms with E-state index in [4.69, 9.17) is 4.74 Å². The molecule has 4 heteroatoms. The van der Waals surface area contributed by atoms with E-state index in [0.29, 0.717) is 22.6 Å². The first-order valence-electron chi connectivity index (χ1n) is 6.39. The number of benzene rings is 2. The third-order valence-corrected chi connectivity index (χ3v) is 3.14. The van der Waals surface area contributed by atoms with E-state index in [2.05, 4.69) is 12.0 Å². The molecule has 0 unspecified atom stereocenters. The molecule has 0 aliphatic carbocycles. The zero-order chi connectivity index (χ0) is 14.8. The molecule has 0 bridgehead atoms.